The van der Waals surface area contributed by atoms with E-state index in [-0.39, 0.29) is 0 Å². The molecular weight excluding hydrogens is 236 g/mol. The van der Waals surface area contributed by atoms with Crippen molar-refractivity contribution in [2.24, 2.45) is 0 Å². The van der Waals surface area contributed by atoms with Crippen LogP contribution in [0.2, 0.25) is 0 Å². The number of hydrogen-bond acceptors (Lipinski definition) is 3. The fourth-order valence-electron chi connectivity index (χ4n) is 3.04. The lowest BCUT2D eigenvalue weighted by Gasteiger charge is -2.18. The normalized spacial score (nSPS) is 22.0. The summed E-state index contributed by atoms with van der Waals surface area (Å²) in [6, 6.07) is 7.36. The molecule has 3 rings (SSSR count). The van der Waals surface area contributed by atoms with E-state index in [0.717, 1.165) is 44.3 Å². The summed E-state index contributed by atoms with van der Waals surface area (Å²) < 4.78 is 5.64. The van der Waals surface area contributed by atoms with Gasteiger partial charge in [0, 0.05) is 12.6 Å². The van der Waals surface area contributed by atoms with Gasteiger partial charge in [-0.25, -0.2) is 0 Å². The number of aryl methyl sites for hydroxylation is 1. The molecule has 104 valence electrons. The second kappa shape index (κ2) is 6.40. The Kier molecular flexibility index (Phi) is 4.36. The molecule has 3 heteroatoms. The van der Waals surface area contributed by atoms with Crippen molar-refractivity contribution in [3.63, 3.8) is 0 Å². The second-order valence-electron chi connectivity index (χ2n) is 5.65. The SMILES string of the molecule is c1cc2c(cc1CNCCC1CCCN1)CCCO2. The largest absolute Gasteiger partial charge is 0.493 e. The van der Waals surface area contributed by atoms with Crippen molar-refractivity contribution in [1.29, 1.82) is 0 Å². The first-order valence-corrected chi connectivity index (χ1v) is 7.60. The summed E-state index contributed by atoms with van der Waals surface area (Å²) in [6.45, 7) is 4.15. The number of ether oxygens (including phenoxy) is 1. The lowest BCUT2D eigenvalue weighted by molar-refractivity contribution is 0.288. The van der Waals surface area contributed by atoms with Crippen molar-refractivity contribution in [3.05, 3.63) is 29.3 Å². The molecule has 0 bridgehead atoms. The number of benzene rings is 1. The van der Waals surface area contributed by atoms with Gasteiger partial charge < -0.3 is 15.4 Å². The average Bonchev–Trinajstić information content (AvgIpc) is 2.97. The van der Waals surface area contributed by atoms with Crippen LogP contribution in [-0.2, 0) is 13.0 Å². The summed E-state index contributed by atoms with van der Waals surface area (Å²) in [4.78, 5) is 0. The Morgan fingerprint density at radius 2 is 2.32 bits per heavy atom. The van der Waals surface area contributed by atoms with Crippen LogP contribution in [-0.4, -0.2) is 25.7 Å². The third kappa shape index (κ3) is 3.48. The third-order valence-electron chi connectivity index (χ3n) is 4.13. The fourth-order valence-corrected chi connectivity index (χ4v) is 3.04. The van der Waals surface area contributed by atoms with Crippen molar-refractivity contribution >= 4 is 0 Å². The highest BCUT2D eigenvalue weighted by Gasteiger charge is 2.13. The van der Waals surface area contributed by atoms with E-state index in [0.29, 0.717) is 0 Å². The van der Waals surface area contributed by atoms with Gasteiger partial charge in [0.25, 0.3) is 0 Å². The summed E-state index contributed by atoms with van der Waals surface area (Å²) in [7, 11) is 0. The zero-order chi connectivity index (χ0) is 12.9. The molecule has 0 amide bonds. The highest BCUT2D eigenvalue weighted by molar-refractivity contribution is 5.38. The van der Waals surface area contributed by atoms with Crippen LogP contribution in [0.25, 0.3) is 0 Å². The first-order chi connectivity index (χ1) is 9.42. The van der Waals surface area contributed by atoms with Crippen LogP contribution in [0.4, 0.5) is 0 Å². The summed E-state index contributed by atoms with van der Waals surface area (Å²) in [5.74, 6) is 1.09. The molecule has 3 nitrogen and oxygen atoms in total. The molecule has 2 heterocycles. The van der Waals surface area contributed by atoms with Gasteiger partial charge in [-0.05, 0) is 62.4 Å². The topological polar surface area (TPSA) is 33.3 Å². The molecule has 1 aromatic carbocycles. The molecule has 0 aromatic heterocycles. The van der Waals surface area contributed by atoms with E-state index in [1.165, 1.54) is 36.9 Å². The van der Waals surface area contributed by atoms with E-state index < -0.39 is 0 Å². The van der Waals surface area contributed by atoms with Crippen molar-refractivity contribution < 1.29 is 4.74 Å². The predicted octanol–water partition coefficient (Wildman–Crippen LogP) is 2.24. The predicted molar refractivity (Wildman–Crippen MR) is 77.6 cm³/mol. The quantitative estimate of drug-likeness (QED) is 0.797. The Morgan fingerprint density at radius 3 is 3.21 bits per heavy atom. The van der Waals surface area contributed by atoms with Crippen LogP contribution < -0.4 is 15.4 Å². The molecule has 1 fully saturated rings. The summed E-state index contributed by atoms with van der Waals surface area (Å²) in [5, 5.41) is 7.09. The number of rotatable bonds is 5. The second-order valence-corrected chi connectivity index (χ2v) is 5.65. The minimum absolute atomic E-state index is 0.740. The molecule has 2 aliphatic heterocycles. The van der Waals surface area contributed by atoms with E-state index in [2.05, 4.69) is 28.8 Å². The lowest BCUT2D eigenvalue weighted by atomic mass is 10.0. The summed E-state index contributed by atoms with van der Waals surface area (Å²) in [6.07, 6.45) is 6.24. The van der Waals surface area contributed by atoms with Gasteiger partial charge in [-0.1, -0.05) is 12.1 Å². The van der Waals surface area contributed by atoms with E-state index in [1.54, 1.807) is 0 Å². The highest BCUT2D eigenvalue weighted by Crippen LogP contribution is 2.25. The van der Waals surface area contributed by atoms with Gasteiger partial charge in [0.2, 0.25) is 0 Å². The molecule has 2 N–H and O–H groups in total. The van der Waals surface area contributed by atoms with Gasteiger partial charge in [0.15, 0.2) is 0 Å². The molecule has 19 heavy (non-hydrogen) atoms. The van der Waals surface area contributed by atoms with Crippen molar-refractivity contribution in [2.45, 2.75) is 44.7 Å². The van der Waals surface area contributed by atoms with E-state index in [9.17, 15) is 0 Å². The first kappa shape index (κ1) is 12.9. The van der Waals surface area contributed by atoms with Gasteiger partial charge in [-0.2, -0.15) is 0 Å². The third-order valence-corrected chi connectivity index (χ3v) is 4.13. The Labute approximate surface area is 115 Å². The van der Waals surface area contributed by atoms with Crippen molar-refractivity contribution in [2.75, 3.05) is 19.7 Å². The first-order valence-electron chi connectivity index (χ1n) is 7.60. The zero-order valence-electron chi connectivity index (χ0n) is 11.6. The summed E-state index contributed by atoms with van der Waals surface area (Å²) in [5.41, 5.74) is 2.76. The molecular formula is C16H24N2O. The summed E-state index contributed by atoms with van der Waals surface area (Å²) >= 11 is 0. The van der Waals surface area contributed by atoms with Crippen LogP contribution >= 0.6 is 0 Å². The van der Waals surface area contributed by atoms with E-state index >= 15 is 0 Å². The Bertz CT molecular complexity index is 413. The molecule has 1 unspecified atom stereocenters. The van der Waals surface area contributed by atoms with Crippen LogP contribution in [0.1, 0.15) is 36.8 Å². The molecule has 1 atom stereocenters. The van der Waals surface area contributed by atoms with Gasteiger partial charge in [-0.3, -0.25) is 0 Å². The molecule has 1 aromatic rings. The zero-order valence-corrected chi connectivity index (χ0v) is 11.6. The standard InChI is InChI=1S/C16H24N2O/c1-4-15(18-8-1)7-9-17-12-13-5-6-16-14(11-13)3-2-10-19-16/h5-6,11,15,17-18H,1-4,7-10,12H2. The Morgan fingerprint density at radius 1 is 1.32 bits per heavy atom. The molecule has 0 spiro atoms. The average molecular weight is 260 g/mol. The van der Waals surface area contributed by atoms with Crippen molar-refractivity contribution in [3.8, 4) is 5.75 Å². The molecule has 0 saturated carbocycles. The van der Waals surface area contributed by atoms with Gasteiger partial charge in [0.1, 0.15) is 5.75 Å². The number of nitrogens with one attached hydrogen (secondary N) is 2. The smallest absolute Gasteiger partial charge is 0.122 e. The fraction of sp³-hybridized carbons (Fsp3) is 0.625. The highest BCUT2D eigenvalue weighted by atomic mass is 16.5. The Hall–Kier alpha value is -1.06. The molecule has 1 saturated heterocycles. The van der Waals surface area contributed by atoms with Crippen molar-refractivity contribution in [1.82, 2.24) is 10.6 Å². The van der Waals surface area contributed by atoms with Crippen LogP contribution in [0, 0.1) is 0 Å². The van der Waals surface area contributed by atoms with Crippen LogP contribution in [0.5, 0.6) is 5.75 Å². The van der Waals surface area contributed by atoms with Crippen LogP contribution in [0.3, 0.4) is 0 Å². The maximum atomic E-state index is 5.64. The molecule has 2 aliphatic rings. The monoisotopic (exact) mass is 260 g/mol. The number of hydrogen-bond donors (Lipinski definition) is 2. The maximum Gasteiger partial charge on any atom is 0.122 e. The molecule has 0 radical (unpaired) electrons. The van der Waals surface area contributed by atoms with Crippen LogP contribution in [0.15, 0.2) is 18.2 Å². The lowest BCUT2D eigenvalue weighted by Crippen LogP contribution is -2.26. The van der Waals surface area contributed by atoms with Gasteiger partial charge in [0.05, 0.1) is 6.61 Å². The van der Waals surface area contributed by atoms with E-state index in [1.807, 2.05) is 0 Å². The van der Waals surface area contributed by atoms with Gasteiger partial charge in [-0.15, -0.1) is 0 Å². The minimum Gasteiger partial charge on any atom is -0.493 e. The van der Waals surface area contributed by atoms with Gasteiger partial charge >= 0.3 is 0 Å². The minimum atomic E-state index is 0.740. The van der Waals surface area contributed by atoms with E-state index in [4.69, 9.17) is 4.74 Å². The maximum absolute atomic E-state index is 5.64. The Balaban J connectivity index is 1.44. The number of fused-ring (bicyclic) bond motifs is 1. The molecule has 0 aliphatic carbocycles.